The van der Waals surface area contributed by atoms with Gasteiger partial charge >= 0.3 is 12.1 Å². The maximum absolute atomic E-state index is 13.7. The molecule has 10 nitrogen and oxygen atoms in total. The number of hydrogen-bond acceptors (Lipinski definition) is 6. The number of rotatable bonds is 8. The summed E-state index contributed by atoms with van der Waals surface area (Å²) < 4.78 is 6.39. The number of hydrogen-bond donors (Lipinski definition) is 3. The van der Waals surface area contributed by atoms with E-state index in [0.29, 0.717) is 17.7 Å². The van der Waals surface area contributed by atoms with E-state index in [-0.39, 0.29) is 42.9 Å². The van der Waals surface area contributed by atoms with Crippen LogP contribution in [0.15, 0.2) is 0 Å². The molecule has 3 rings (SSSR count). The summed E-state index contributed by atoms with van der Waals surface area (Å²) in [6.07, 6.45) is 2.43. The van der Waals surface area contributed by atoms with Crippen molar-refractivity contribution in [3.63, 3.8) is 0 Å². The lowest BCUT2D eigenvalue weighted by molar-refractivity contribution is -0.121. The fourth-order valence-corrected chi connectivity index (χ4v) is 8.25. The zero-order chi connectivity index (χ0) is 28.8. The maximum atomic E-state index is 13.7. The molecule has 1 saturated carbocycles. The summed E-state index contributed by atoms with van der Waals surface area (Å²) in [5.41, 5.74) is -0.590. The third kappa shape index (κ3) is 5.50. The molecule has 1 aliphatic heterocycles. The minimum Gasteiger partial charge on any atom is -0.448 e. The Morgan fingerprint density at radius 1 is 1.18 bits per heavy atom. The number of aliphatic hydroxyl groups is 1. The number of amides is 3. The molecule has 214 valence electrons. The van der Waals surface area contributed by atoms with Crippen LogP contribution in [0.3, 0.4) is 0 Å². The van der Waals surface area contributed by atoms with Gasteiger partial charge in [0.2, 0.25) is 5.91 Å². The minimum atomic E-state index is -1.87. The third-order valence-electron chi connectivity index (χ3n) is 8.38. The molecule has 0 saturated heterocycles. The smallest absolute Gasteiger partial charge is 0.436 e. The van der Waals surface area contributed by atoms with E-state index in [9.17, 15) is 19.5 Å². The third-order valence-corrected chi connectivity index (χ3v) is 12.0. The molecular formula is C27H47N5O5Si. The van der Waals surface area contributed by atoms with Gasteiger partial charge in [0, 0.05) is 16.6 Å². The molecule has 0 spiro atoms. The van der Waals surface area contributed by atoms with Gasteiger partial charge in [-0.25, -0.2) is 9.59 Å². The molecule has 1 aromatic heterocycles. The van der Waals surface area contributed by atoms with Crippen molar-refractivity contribution in [3.05, 3.63) is 11.3 Å². The van der Waals surface area contributed by atoms with Crippen LogP contribution in [0.25, 0.3) is 0 Å². The van der Waals surface area contributed by atoms with Gasteiger partial charge in [0.1, 0.15) is 5.82 Å². The summed E-state index contributed by atoms with van der Waals surface area (Å²) in [6.45, 7) is 19.9. The number of urea groups is 1. The number of anilines is 1. The van der Waals surface area contributed by atoms with Crippen LogP contribution in [-0.4, -0.2) is 64.1 Å². The molecule has 0 aromatic carbocycles. The maximum Gasteiger partial charge on any atom is 0.436 e. The average Bonchev–Trinajstić information content (AvgIpc) is 3.19. The van der Waals surface area contributed by atoms with E-state index in [0.717, 1.165) is 23.9 Å². The first-order chi connectivity index (χ1) is 17.4. The van der Waals surface area contributed by atoms with Crippen molar-refractivity contribution in [3.8, 4) is 0 Å². The summed E-state index contributed by atoms with van der Waals surface area (Å²) in [6, 6.07) is -0.520. The second kappa shape index (κ2) is 10.3. The summed E-state index contributed by atoms with van der Waals surface area (Å²) in [4.78, 5) is 41.8. The van der Waals surface area contributed by atoms with Crippen molar-refractivity contribution >= 4 is 31.9 Å². The number of ether oxygens (including phenoxy) is 1. The minimum absolute atomic E-state index is 0.0816. The van der Waals surface area contributed by atoms with Crippen LogP contribution in [-0.2, 0) is 21.6 Å². The molecule has 3 N–H and O–H groups in total. The SMILES string of the molecule is CCOC(=O)n1nc2c(c1NC(=O)C1([Si](C)(C)C)CCC1)CN(C(=O)N[C@H](CC(C)(C)O)C(C)C)C2(C)C. The summed E-state index contributed by atoms with van der Waals surface area (Å²) in [5.74, 6) is 0.316. The highest BCUT2D eigenvalue weighted by Gasteiger charge is 2.54. The van der Waals surface area contributed by atoms with E-state index in [1.165, 1.54) is 0 Å². The van der Waals surface area contributed by atoms with Gasteiger partial charge in [0.25, 0.3) is 0 Å². The topological polar surface area (TPSA) is 126 Å². The summed E-state index contributed by atoms with van der Waals surface area (Å²) in [5, 5.41) is 20.7. The van der Waals surface area contributed by atoms with Gasteiger partial charge in [-0.1, -0.05) is 39.9 Å². The van der Waals surface area contributed by atoms with Gasteiger partial charge in [0.05, 0.1) is 38.1 Å². The van der Waals surface area contributed by atoms with Crippen LogP contribution in [0, 0.1) is 5.92 Å². The standard InChI is InChI=1S/C27H47N5O5Si/c1-11-37-24(35)32-21(29-22(33)27(13-12-14-27)38(8,9)10)18-16-31(26(6,7)20(18)30-32)23(34)28-19(17(2)3)15-25(4,5)36/h17,19,36H,11-16H2,1-10H3,(H,28,34)(H,29,33)/t19-/m1/s1. The number of carbonyl (C=O) groups excluding carboxylic acids is 3. The molecule has 0 bridgehead atoms. The van der Waals surface area contributed by atoms with Gasteiger partial charge < -0.3 is 25.4 Å². The number of carbonyl (C=O) groups is 3. The molecule has 1 aliphatic carbocycles. The molecule has 0 radical (unpaired) electrons. The molecule has 11 heteroatoms. The molecule has 38 heavy (non-hydrogen) atoms. The molecule has 2 heterocycles. The van der Waals surface area contributed by atoms with Crippen molar-refractivity contribution in [1.29, 1.82) is 0 Å². The van der Waals surface area contributed by atoms with Crippen LogP contribution in [0.4, 0.5) is 15.4 Å². The lowest BCUT2D eigenvalue weighted by atomic mass is 9.83. The Labute approximate surface area is 227 Å². The van der Waals surface area contributed by atoms with Gasteiger partial charge in [-0.2, -0.15) is 5.10 Å². The van der Waals surface area contributed by atoms with E-state index >= 15 is 0 Å². The molecular weight excluding hydrogens is 502 g/mol. The first kappa shape index (κ1) is 30.1. The lowest BCUT2D eigenvalue weighted by Gasteiger charge is -2.48. The van der Waals surface area contributed by atoms with Crippen molar-refractivity contribution in [1.82, 2.24) is 20.0 Å². The van der Waals surface area contributed by atoms with Gasteiger partial charge in [-0.05, 0) is 59.8 Å². The van der Waals surface area contributed by atoms with Crippen LogP contribution in [0.1, 0.15) is 85.4 Å². The average molecular weight is 550 g/mol. The van der Waals surface area contributed by atoms with Gasteiger partial charge in [-0.15, -0.1) is 4.68 Å². The number of nitrogens with one attached hydrogen (secondary N) is 2. The zero-order valence-corrected chi connectivity index (χ0v) is 25.8. The molecule has 2 aliphatic rings. The van der Waals surface area contributed by atoms with Crippen molar-refractivity contribution < 1.29 is 24.2 Å². The normalized spacial score (nSPS) is 19.0. The van der Waals surface area contributed by atoms with E-state index in [1.807, 2.05) is 27.7 Å². The summed E-state index contributed by atoms with van der Waals surface area (Å²) in [7, 11) is -1.87. The van der Waals surface area contributed by atoms with Gasteiger partial charge in [-0.3, -0.25) is 4.79 Å². The monoisotopic (exact) mass is 549 g/mol. The molecule has 0 unspecified atom stereocenters. The Morgan fingerprint density at radius 2 is 1.79 bits per heavy atom. The highest BCUT2D eigenvalue weighted by Crippen LogP contribution is 2.56. The Bertz CT molecular complexity index is 1080. The lowest BCUT2D eigenvalue weighted by Crippen LogP contribution is -2.52. The fraction of sp³-hybridized carbons (Fsp3) is 0.778. The Kier molecular flexibility index (Phi) is 8.16. The Balaban J connectivity index is 1.96. The van der Waals surface area contributed by atoms with Crippen molar-refractivity contribution in [2.24, 2.45) is 5.92 Å². The quantitative estimate of drug-likeness (QED) is 0.390. The Morgan fingerprint density at radius 3 is 2.24 bits per heavy atom. The highest BCUT2D eigenvalue weighted by atomic mass is 28.3. The largest absolute Gasteiger partial charge is 0.448 e. The van der Waals surface area contributed by atoms with Crippen LogP contribution >= 0.6 is 0 Å². The number of aromatic nitrogens is 2. The van der Waals surface area contributed by atoms with E-state index in [2.05, 4.69) is 35.4 Å². The first-order valence-corrected chi connectivity index (χ1v) is 17.3. The molecule has 1 atom stereocenters. The molecule has 3 amide bonds. The van der Waals surface area contributed by atoms with E-state index < -0.39 is 30.3 Å². The first-order valence-electron chi connectivity index (χ1n) is 13.8. The number of nitrogens with zero attached hydrogens (tertiary/aromatic N) is 3. The number of fused-ring (bicyclic) bond motifs is 1. The molecule has 1 fully saturated rings. The van der Waals surface area contributed by atoms with Gasteiger partial charge in [0.15, 0.2) is 0 Å². The zero-order valence-electron chi connectivity index (χ0n) is 24.8. The molecule has 1 aromatic rings. The van der Waals surface area contributed by atoms with Crippen LogP contribution in [0.2, 0.25) is 24.7 Å². The highest BCUT2D eigenvalue weighted by molar-refractivity contribution is 6.83. The van der Waals surface area contributed by atoms with E-state index in [1.54, 1.807) is 25.7 Å². The Hall–Kier alpha value is -2.40. The second-order valence-electron chi connectivity index (χ2n) is 13.4. The fourth-order valence-electron chi connectivity index (χ4n) is 5.65. The predicted octanol–water partition coefficient (Wildman–Crippen LogP) is 5.03. The predicted molar refractivity (Wildman–Crippen MR) is 150 cm³/mol. The van der Waals surface area contributed by atoms with Crippen molar-refractivity contribution in [2.45, 2.75) is 123 Å². The van der Waals surface area contributed by atoms with Crippen LogP contribution < -0.4 is 10.6 Å². The second-order valence-corrected chi connectivity index (χ2v) is 18.8. The van der Waals surface area contributed by atoms with E-state index in [4.69, 9.17) is 4.74 Å². The van der Waals surface area contributed by atoms with Crippen LogP contribution in [0.5, 0.6) is 0 Å². The van der Waals surface area contributed by atoms with Crippen molar-refractivity contribution in [2.75, 3.05) is 11.9 Å². The summed E-state index contributed by atoms with van der Waals surface area (Å²) >= 11 is 0.